The largest absolute Gasteiger partial charge is 0.376 e. The number of allylic oxidation sites excluding steroid dienone is 2. The first-order chi connectivity index (χ1) is 6.52. The van der Waals surface area contributed by atoms with Crippen LogP contribution in [0.15, 0.2) is 12.2 Å². The summed E-state index contributed by atoms with van der Waals surface area (Å²) < 4.78 is 5.70. The van der Waals surface area contributed by atoms with Crippen molar-refractivity contribution in [2.24, 2.45) is 5.41 Å². The Morgan fingerprint density at radius 1 is 1.36 bits per heavy atom. The molecule has 0 radical (unpaired) electrons. The van der Waals surface area contributed by atoms with E-state index in [1.807, 2.05) is 0 Å². The Bertz CT molecular complexity index is 278. The van der Waals surface area contributed by atoms with Gasteiger partial charge in [0.15, 0.2) is 5.78 Å². The molecule has 2 aliphatic rings. The van der Waals surface area contributed by atoms with Crippen LogP contribution in [0.2, 0.25) is 0 Å². The van der Waals surface area contributed by atoms with Gasteiger partial charge in [0, 0.05) is 13.0 Å². The molecule has 1 spiro atoms. The molecular weight excluding hydrogens is 176 g/mol. The highest BCUT2D eigenvalue weighted by atomic mass is 16.5. The fraction of sp³-hybridized carbons (Fsp3) is 0.750. The van der Waals surface area contributed by atoms with E-state index in [1.54, 1.807) is 6.08 Å². The Hall–Kier alpha value is -0.630. The zero-order valence-electron chi connectivity index (χ0n) is 9.01. The summed E-state index contributed by atoms with van der Waals surface area (Å²) in [5.41, 5.74) is 0.221. The lowest BCUT2D eigenvalue weighted by atomic mass is 9.68. The lowest BCUT2D eigenvalue weighted by Crippen LogP contribution is -2.41. The van der Waals surface area contributed by atoms with Crippen LogP contribution in [0.4, 0.5) is 0 Å². The lowest BCUT2D eigenvalue weighted by molar-refractivity contribution is -0.119. The first-order valence-corrected chi connectivity index (χ1v) is 5.38. The van der Waals surface area contributed by atoms with Gasteiger partial charge in [-0.1, -0.05) is 6.08 Å². The van der Waals surface area contributed by atoms with Crippen LogP contribution >= 0.6 is 0 Å². The highest BCUT2D eigenvalue weighted by Crippen LogP contribution is 2.44. The van der Waals surface area contributed by atoms with Gasteiger partial charge in [0.25, 0.3) is 0 Å². The second kappa shape index (κ2) is 3.20. The first kappa shape index (κ1) is 9.91. The molecular formula is C12H18O2. The Morgan fingerprint density at radius 2 is 2.14 bits per heavy atom. The minimum Gasteiger partial charge on any atom is -0.376 e. The summed E-state index contributed by atoms with van der Waals surface area (Å²) in [7, 11) is 0. The third-order valence-corrected chi connectivity index (χ3v) is 3.36. The Labute approximate surface area is 85.3 Å². The minimum absolute atomic E-state index is 0.0248. The molecule has 2 heteroatoms. The molecule has 0 amide bonds. The van der Waals surface area contributed by atoms with Crippen LogP contribution in [0, 0.1) is 5.41 Å². The minimum atomic E-state index is -0.0248. The maximum atomic E-state index is 11.1. The van der Waals surface area contributed by atoms with E-state index in [-0.39, 0.29) is 16.8 Å². The van der Waals surface area contributed by atoms with Crippen molar-refractivity contribution in [3.63, 3.8) is 0 Å². The van der Waals surface area contributed by atoms with Crippen LogP contribution in [0.5, 0.6) is 0 Å². The molecule has 2 nitrogen and oxygen atoms in total. The summed E-state index contributed by atoms with van der Waals surface area (Å²) in [5.74, 6) is 0.278. The average molecular weight is 194 g/mol. The highest BCUT2D eigenvalue weighted by Gasteiger charge is 2.40. The SMILES string of the molecule is CC1(C)C[C@@]2(C=CC(=O)CC2)CCO1. The van der Waals surface area contributed by atoms with Gasteiger partial charge in [-0.25, -0.2) is 0 Å². The van der Waals surface area contributed by atoms with E-state index in [0.29, 0.717) is 6.42 Å². The fourth-order valence-corrected chi connectivity index (χ4v) is 2.68. The van der Waals surface area contributed by atoms with Crippen LogP contribution in [0.25, 0.3) is 0 Å². The van der Waals surface area contributed by atoms with Gasteiger partial charge in [-0.3, -0.25) is 4.79 Å². The molecule has 1 fully saturated rings. The Morgan fingerprint density at radius 3 is 2.71 bits per heavy atom. The molecule has 1 aliphatic heterocycles. The predicted octanol–water partition coefficient (Wildman–Crippen LogP) is 2.48. The van der Waals surface area contributed by atoms with E-state index >= 15 is 0 Å². The van der Waals surface area contributed by atoms with Crippen molar-refractivity contribution in [1.82, 2.24) is 0 Å². The van der Waals surface area contributed by atoms with Crippen LogP contribution in [0.1, 0.15) is 39.5 Å². The van der Waals surface area contributed by atoms with Crippen LogP contribution in [-0.4, -0.2) is 18.0 Å². The number of ketones is 1. The number of ether oxygens (including phenoxy) is 1. The normalized spacial score (nSPS) is 36.3. The molecule has 78 valence electrons. The second-order valence-corrected chi connectivity index (χ2v) is 5.20. The first-order valence-electron chi connectivity index (χ1n) is 5.38. The highest BCUT2D eigenvalue weighted by molar-refractivity contribution is 5.90. The molecule has 1 atom stereocenters. The molecule has 1 saturated heterocycles. The van der Waals surface area contributed by atoms with Crippen molar-refractivity contribution in [2.75, 3.05) is 6.61 Å². The van der Waals surface area contributed by atoms with Crippen LogP contribution < -0.4 is 0 Å². The van der Waals surface area contributed by atoms with Gasteiger partial charge in [-0.05, 0) is 44.6 Å². The monoisotopic (exact) mass is 194 g/mol. The van der Waals surface area contributed by atoms with E-state index in [1.165, 1.54) is 0 Å². The third kappa shape index (κ3) is 1.90. The maximum Gasteiger partial charge on any atom is 0.155 e. The molecule has 0 aromatic carbocycles. The quantitative estimate of drug-likeness (QED) is 0.592. The zero-order chi connectivity index (χ0) is 10.2. The van der Waals surface area contributed by atoms with E-state index in [2.05, 4.69) is 19.9 Å². The Balaban J connectivity index is 2.16. The number of hydrogen-bond acceptors (Lipinski definition) is 2. The molecule has 0 saturated carbocycles. The van der Waals surface area contributed by atoms with Gasteiger partial charge in [0.1, 0.15) is 0 Å². The third-order valence-electron chi connectivity index (χ3n) is 3.36. The molecule has 1 heterocycles. The predicted molar refractivity (Wildman–Crippen MR) is 55.1 cm³/mol. The molecule has 0 N–H and O–H groups in total. The number of hydrogen-bond donors (Lipinski definition) is 0. The summed E-state index contributed by atoms with van der Waals surface area (Å²) in [5, 5.41) is 0. The van der Waals surface area contributed by atoms with Gasteiger partial charge >= 0.3 is 0 Å². The summed E-state index contributed by atoms with van der Waals surface area (Å²) in [6.45, 7) is 5.10. The fourth-order valence-electron chi connectivity index (χ4n) is 2.68. The van der Waals surface area contributed by atoms with E-state index in [0.717, 1.165) is 25.9 Å². The summed E-state index contributed by atoms with van der Waals surface area (Å²) >= 11 is 0. The van der Waals surface area contributed by atoms with Crippen LogP contribution in [-0.2, 0) is 9.53 Å². The van der Waals surface area contributed by atoms with Crippen LogP contribution in [0.3, 0.4) is 0 Å². The van der Waals surface area contributed by atoms with Gasteiger partial charge in [0.2, 0.25) is 0 Å². The number of rotatable bonds is 0. The molecule has 0 aromatic heterocycles. The smallest absolute Gasteiger partial charge is 0.155 e. The van der Waals surface area contributed by atoms with Gasteiger partial charge in [-0.15, -0.1) is 0 Å². The van der Waals surface area contributed by atoms with E-state index < -0.39 is 0 Å². The molecule has 2 rings (SSSR count). The second-order valence-electron chi connectivity index (χ2n) is 5.20. The van der Waals surface area contributed by atoms with Crippen molar-refractivity contribution < 1.29 is 9.53 Å². The van der Waals surface area contributed by atoms with Crippen molar-refractivity contribution in [2.45, 2.75) is 45.1 Å². The molecule has 1 aliphatic carbocycles. The van der Waals surface area contributed by atoms with Gasteiger partial charge < -0.3 is 4.74 Å². The molecule has 0 unspecified atom stereocenters. The summed E-state index contributed by atoms with van der Waals surface area (Å²) in [6, 6.07) is 0. The average Bonchev–Trinajstić information content (AvgIpc) is 2.09. The zero-order valence-corrected chi connectivity index (χ0v) is 9.01. The standard InChI is InChI=1S/C12H18O2/c1-11(2)9-12(7-8-14-11)5-3-10(13)4-6-12/h3,5H,4,6-9H2,1-2H3/t12-/m1/s1. The molecule has 0 aromatic rings. The van der Waals surface area contributed by atoms with Crippen molar-refractivity contribution in [1.29, 1.82) is 0 Å². The van der Waals surface area contributed by atoms with Crippen molar-refractivity contribution >= 4 is 5.78 Å². The Kier molecular flexibility index (Phi) is 2.26. The van der Waals surface area contributed by atoms with Gasteiger partial charge in [0.05, 0.1) is 5.60 Å². The summed E-state index contributed by atoms with van der Waals surface area (Å²) in [6.07, 6.45) is 7.74. The van der Waals surface area contributed by atoms with E-state index in [4.69, 9.17) is 4.74 Å². The lowest BCUT2D eigenvalue weighted by Gasteiger charge is -2.44. The number of carbonyl (C=O) groups excluding carboxylic acids is 1. The summed E-state index contributed by atoms with van der Waals surface area (Å²) in [4.78, 5) is 11.1. The molecule has 14 heavy (non-hydrogen) atoms. The molecule has 0 bridgehead atoms. The van der Waals surface area contributed by atoms with Crippen molar-refractivity contribution in [3.8, 4) is 0 Å². The topological polar surface area (TPSA) is 26.3 Å². The maximum absolute atomic E-state index is 11.1. The van der Waals surface area contributed by atoms with E-state index in [9.17, 15) is 4.79 Å². The number of carbonyl (C=O) groups is 1. The van der Waals surface area contributed by atoms with Gasteiger partial charge in [-0.2, -0.15) is 0 Å². The van der Waals surface area contributed by atoms with Crippen molar-refractivity contribution in [3.05, 3.63) is 12.2 Å².